The van der Waals surface area contributed by atoms with Crippen molar-refractivity contribution in [3.05, 3.63) is 0 Å². The zero-order valence-electron chi connectivity index (χ0n) is 4.92. The van der Waals surface area contributed by atoms with Crippen LogP contribution in [-0.4, -0.2) is 31.2 Å². The van der Waals surface area contributed by atoms with Gasteiger partial charge in [-0.25, -0.2) is 0 Å². The van der Waals surface area contributed by atoms with E-state index in [2.05, 4.69) is 0 Å². The fourth-order valence-electron chi connectivity index (χ4n) is 0.844. The second-order valence-corrected chi connectivity index (χ2v) is 2.15. The van der Waals surface area contributed by atoms with Crippen molar-refractivity contribution in [3.63, 3.8) is 0 Å². The van der Waals surface area contributed by atoms with Gasteiger partial charge in [0.2, 0.25) is 0 Å². The van der Waals surface area contributed by atoms with Crippen LogP contribution in [0.1, 0.15) is 13.3 Å². The summed E-state index contributed by atoms with van der Waals surface area (Å²) in [6.45, 7) is 2.44. The fourth-order valence-corrected chi connectivity index (χ4v) is 0.844. The minimum absolute atomic E-state index is 0.0231. The molecule has 3 heteroatoms. The van der Waals surface area contributed by atoms with Crippen LogP contribution >= 0.6 is 0 Å². The van der Waals surface area contributed by atoms with Gasteiger partial charge in [0.05, 0.1) is 6.04 Å². The summed E-state index contributed by atoms with van der Waals surface area (Å²) >= 11 is 0. The van der Waals surface area contributed by atoms with Crippen LogP contribution in [0.2, 0.25) is 0 Å². The van der Waals surface area contributed by atoms with Crippen molar-refractivity contribution < 1.29 is 4.79 Å². The van der Waals surface area contributed by atoms with Gasteiger partial charge in [0, 0.05) is 0 Å². The monoisotopic (exact) mass is 109 g/mol. The summed E-state index contributed by atoms with van der Waals surface area (Å²) in [5.74, 6) is 0.179. The molecule has 1 aliphatic rings. The molecular weight excluding hydrogens is 101 g/mol. The number of Topliss-reactive ketones (excluding diaryl/α,β-unsaturated/α-hetero) is 1. The highest BCUT2D eigenvalue weighted by Crippen LogP contribution is 2.13. The van der Waals surface area contributed by atoms with Crippen LogP contribution < -0.4 is 0 Å². The molecule has 0 N–H and O–H groups in total. The molecule has 1 heterocycles. The van der Waals surface area contributed by atoms with E-state index in [0.29, 0.717) is 0 Å². The molecule has 2 radical (unpaired) electrons. The first-order valence-electron chi connectivity index (χ1n) is 2.73. The van der Waals surface area contributed by atoms with Crippen molar-refractivity contribution in [1.82, 2.24) is 4.81 Å². The molecule has 1 unspecified atom stereocenters. The Morgan fingerprint density at radius 3 is 2.50 bits per heavy atom. The third-order valence-corrected chi connectivity index (χ3v) is 1.53. The predicted molar refractivity (Wildman–Crippen MR) is 31.5 cm³/mol. The highest BCUT2D eigenvalue weighted by molar-refractivity contribution is 6.07. The number of carbonyl (C=O) groups is 1. The summed E-state index contributed by atoms with van der Waals surface area (Å²) in [5.41, 5.74) is 0. The lowest BCUT2D eigenvalue weighted by molar-refractivity contribution is -0.123. The Morgan fingerprint density at radius 2 is 2.50 bits per heavy atom. The zero-order chi connectivity index (χ0) is 6.15. The molecular formula is C5H8BNO. The Labute approximate surface area is 50.3 Å². The molecule has 1 aliphatic heterocycles. The first-order chi connectivity index (χ1) is 3.72. The summed E-state index contributed by atoms with van der Waals surface area (Å²) in [5, 5.41) is 0. The highest BCUT2D eigenvalue weighted by atomic mass is 16.1. The molecule has 0 spiro atoms. The van der Waals surface area contributed by atoms with Gasteiger partial charge in [0.1, 0.15) is 5.78 Å². The first kappa shape index (κ1) is 5.82. The minimum Gasteiger partial charge on any atom is -0.345 e. The lowest BCUT2D eigenvalue weighted by Gasteiger charge is -2.36. The van der Waals surface area contributed by atoms with E-state index in [1.807, 2.05) is 0 Å². The van der Waals surface area contributed by atoms with Gasteiger partial charge in [0.25, 0.3) is 0 Å². The maximum Gasteiger partial charge on any atom is 0.183 e. The Kier molecular flexibility index (Phi) is 1.38. The van der Waals surface area contributed by atoms with Gasteiger partial charge in [0.15, 0.2) is 7.98 Å². The number of hydrogen-bond acceptors (Lipinski definition) is 2. The molecule has 2 nitrogen and oxygen atoms in total. The van der Waals surface area contributed by atoms with E-state index in [1.165, 1.54) is 0 Å². The lowest BCUT2D eigenvalue weighted by Crippen LogP contribution is -2.49. The van der Waals surface area contributed by atoms with Crippen molar-refractivity contribution in [2.24, 2.45) is 0 Å². The third kappa shape index (κ3) is 0.779. The van der Waals surface area contributed by atoms with E-state index < -0.39 is 0 Å². The molecule has 1 saturated heterocycles. The van der Waals surface area contributed by atoms with Crippen molar-refractivity contribution in [2.45, 2.75) is 19.4 Å². The van der Waals surface area contributed by atoms with Gasteiger partial charge in [-0.3, -0.25) is 4.79 Å². The maximum atomic E-state index is 10.5. The average molecular weight is 109 g/mol. The SMILES string of the molecule is [B]N1CCC1C(C)=O. The van der Waals surface area contributed by atoms with Gasteiger partial charge in [-0.05, 0) is 19.9 Å². The highest BCUT2D eigenvalue weighted by Gasteiger charge is 2.26. The van der Waals surface area contributed by atoms with Gasteiger partial charge >= 0.3 is 0 Å². The van der Waals surface area contributed by atoms with Crippen LogP contribution in [0.4, 0.5) is 0 Å². The van der Waals surface area contributed by atoms with Crippen LogP contribution in [0.15, 0.2) is 0 Å². The topological polar surface area (TPSA) is 20.3 Å². The van der Waals surface area contributed by atoms with Gasteiger partial charge in [-0.1, -0.05) is 0 Å². The van der Waals surface area contributed by atoms with Crippen LogP contribution in [0.3, 0.4) is 0 Å². The van der Waals surface area contributed by atoms with E-state index in [1.54, 1.807) is 11.7 Å². The molecule has 1 fully saturated rings. The van der Waals surface area contributed by atoms with Crippen molar-refractivity contribution >= 4 is 13.8 Å². The van der Waals surface area contributed by atoms with Crippen LogP contribution in [0.25, 0.3) is 0 Å². The Bertz CT molecular complexity index is 115. The van der Waals surface area contributed by atoms with E-state index >= 15 is 0 Å². The number of ketones is 1. The van der Waals surface area contributed by atoms with Crippen molar-refractivity contribution in [2.75, 3.05) is 6.54 Å². The lowest BCUT2D eigenvalue weighted by atomic mass is 9.95. The molecule has 1 rings (SSSR count). The van der Waals surface area contributed by atoms with E-state index in [4.69, 9.17) is 7.98 Å². The second-order valence-electron chi connectivity index (χ2n) is 2.15. The predicted octanol–water partition coefficient (Wildman–Crippen LogP) is -0.267. The fraction of sp³-hybridized carbons (Fsp3) is 0.800. The van der Waals surface area contributed by atoms with Gasteiger partial charge in [-0.15, -0.1) is 0 Å². The molecule has 0 aromatic carbocycles. The second kappa shape index (κ2) is 1.90. The van der Waals surface area contributed by atoms with E-state index in [-0.39, 0.29) is 11.8 Å². The average Bonchev–Trinajstić information content (AvgIpc) is 1.61. The Morgan fingerprint density at radius 1 is 1.88 bits per heavy atom. The summed E-state index contributed by atoms with van der Waals surface area (Å²) in [6, 6.07) is 0.0231. The third-order valence-electron chi connectivity index (χ3n) is 1.53. The molecule has 1 atom stereocenters. The smallest absolute Gasteiger partial charge is 0.183 e. The number of nitrogens with zero attached hydrogens (tertiary/aromatic N) is 1. The standard InChI is InChI=1S/C5H8BNO/c1-4(8)5-2-3-7(5)6/h5H,2-3H2,1H3. The Hall–Kier alpha value is -0.305. The summed E-state index contributed by atoms with van der Waals surface area (Å²) in [4.78, 5) is 12.1. The van der Waals surface area contributed by atoms with E-state index in [9.17, 15) is 4.79 Å². The van der Waals surface area contributed by atoms with Crippen molar-refractivity contribution in [1.29, 1.82) is 0 Å². The van der Waals surface area contributed by atoms with Crippen LogP contribution in [0.5, 0.6) is 0 Å². The summed E-state index contributed by atoms with van der Waals surface area (Å²) < 4.78 is 0. The maximum absolute atomic E-state index is 10.5. The summed E-state index contributed by atoms with van der Waals surface area (Å²) in [7, 11) is 5.34. The molecule has 0 saturated carbocycles. The molecule has 0 bridgehead atoms. The molecule has 0 aromatic heterocycles. The van der Waals surface area contributed by atoms with Crippen molar-refractivity contribution in [3.8, 4) is 0 Å². The largest absolute Gasteiger partial charge is 0.345 e. The van der Waals surface area contributed by atoms with Gasteiger partial charge < -0.3 is 4.81 Å². The van der Waals surface area contributed by atoms with Gasteiger partial charge in [-0.2, -0.15) is 0 Å². The molecule has 8 heavy (non-hydrogen) atoms. The molecule has 0 aliphatic carbocycles. The zero-order valence-corrected chi connectivity index (χ0v) is 4.92. The quantitative estimate of drug-likeness (QED) is 0.432. The van der Waals surface area contributed by atoms with Crippen LogP contribution in [0, 0.1) is 0 Å². The normalized spacial score (nSPS) is 29.4. The minimum atomic E-state index is 0.0231. The molecule has 0 amide bonds. The molecule has 42 valence electrons. The first-order valence-corrected chi connectivity index (χ1v) is 2.73. The Balaban J connectivity index is 2.37. The summed E-state index contributed by atoms with van der Waals surface area (Å²) in [6.07, 6.45) is 0.936. The van der Waals surface area contributed by atoms with Crippen LogP contribution in [-0.2, 0) is 4.79 Å². The van der Waals surface area contributed by atoms with E-state index in [0.717, 1.165) is 13.0 Å². The number of hydrogen-bond donors (Lipinski definition) is 0. The number of carbonyl (C=O) groups excluding carboxylic acids is 1. The number of rotatable bonds is 1. The molecule has 0 aromatic rings.